The maximum atomic E-state index is 5.84. The minimum Gasteiger partial charge on any atom is -0.448 e. The van der Waals surface area contributed by atoms with Gasteiger partial charge >= 0.3 is 0 Å². The Balaban J connectivity index is 2.20. The summed E-state index contributed by atoms with van der Waals surface area (Å²) < 4.78 is 7.54. The van der Waals surface area contributed by atoms with Gasteiger partial charge in [-0.25, -0.2) is 0 Å². The molecule has 0 aliphatic rings. The van der Waals surface area contributed by atoms with Crippen molar-refractivity contribution in [1.29, 1.82) is 0 Å². The van der Waals surface area contributed by atoms with Crippen molar-refractivity contribution >= 4 is 11.6 Å². The molecule has 0 saturated carbocycles. The molecular weight excluding hydrogens is 262 g/mol. The van der Waals surface area contributed by atoms with Crippen LogP contribution in [0.2, 0.25) is 5.22 Å². The number of halogens is 1. The van der Waals surface area contributed by atoms with Gasteiger partial charge in [-0.15, -0.1) is 0 Å². The van der Waals surface area contributed by atoms with Crippen LogP contribution in [0.25, 0.3) is 0 Å². The number of nitrogens with one attached hydrogen (secondary N) is 1. The fraction of sp³-hybridized carbons (Fsp3) is 0.500. The largest absolute Gasteiger partial charge is 0.448 e. The topological polar surface area (TPSA) is 43.0 Å². The Morgan fingerprint density at radius 1 is 1.42 bits per heavy atom. The summed E-state index contributed by atoms with van der Waals surface area (Å²) in [5.74, 6) is 0.856. The van der Waals surface area contributed by atoms with E-state index in [0.717, 1.165) is 30.8 Å². The summed E-state index contributed by atoms with van der Waals surface area (Å²) >= 11 is 5.84. The van der Waals surface area contributed by atoms with E-state index >= 15 is 0 Å². The highest BCUT2D eigenvalue weighted by Gasteiger charge is 2.17. The highest BCUT2D eigenvalue weighted by atomic mass is 35.5. The Morgan fingerprint density at radius 3 is 2.74 bits per heavy atom. The molecule has 2 heterocycles. The Morgan fingerprint density at radius 2 is 2.21 bits per heavy atom. The first-order valence-electron chi connectivity index (χ1n) is 6.66. The predicted octanol–water partition coefficient (Wildman–Crippen LogP) is 3.22. The van der Waals surface area contributed by atoms with Gasteiger partial charge in [0, 0.05) is 18.7 Å². The molecule has 0 spiro atoms. The van der Waals surface area contributed by atoms with Gasteiger partial charge in [-0.1, -0.05) is 6.92 Å². The smallest absolute Gasteiger partial charge is 0.193 e. The summed E-state index contributed by atoms with van der Waals surface area (Å²) in [6.07, 6.45) is 1.79. The normalized spacial score (nSPS) is 12.8. The van der Waals surface area contributed by atoms with E-state index in [1.54, 1.807) is 6.07 Å². The number of hydrogen-bond donors (Lipinski definition) is 1. The van der Waals surface area contributed by atoms with Crippen LogP contribution in [0.1, 0.15) is 37.0 Å². The van der Waals surface area contributed by atoms with Gasteiger partial charge in [0.05, 0.1) is 11.7 Å². The van der Waals surface area contributed by atoms with Crippen molar-refractivity contribution in [2.75, 3.05) is 7.05 Å². The molecule has 0 radical (unpaired) electrons. The average Bonchev–Trinajstić information content (AvgIpc) is 3.01. The van der Waals surface area contributed by atoms with Crippen LogP contribution >= 0.6 is 11.6 Å². The Kier molecular flexibility index (Phi) is 4.66. The van der Waals surface area contributed by atoms with E-state index in [2.05, 4.69) is 30.3 Å². The molecular formula is C14H20ClN3O. The SMILES string of the molecule is CCc1cc(CC(NC)c2ccc(Cl)o2)n(CC)n1. The fourth-order valence-electron chi connectivity index (χ4n) is 2.20. The van der Waals surface area contributed by atoms with E-state index in [-0.39, 0.29) is 6.04 Å². The van der Waals surface area contributed by atoms with E-state index in [1.807, 2.05) is 17.8 Å². The molecule has 1 N–H and O–H groups in total. The first kappa shape index (κ1) is 14.2. The first-order valence-corrected chi connectivity index (χ1v) is 7.03. The number of aryl methyl sites for hydroxylation is 2. The number of hydrogen-bond acceptors (Lipinski definition) is 3. The highest BCUT2D eigenvalue weighted by Crippen LogP contribution is 2.23. The molecule has 4 nitrogen and oxygen atoms in total. The maximum Gasteiger partial charge on any atom is 0.193 e. The average molecular weight is 282 g/mol. The zero-order chi connectivity index (χ0) is 13.8. The molecule has 0 amide bonds. The van der Waals surface area contributed by atoms with Gasteiger partial charge in [0.25, 0.3) is 0 Å². The van der Waals surface area contributed by atoms with Gasteiger partial charge in [0.1, 0.15) is 5.76 Å². The van der Waals surface area contributed by atoms with Crippen LogP contribution in [0.3, 0.4) is 0 Å². The van der Waals surface area contributed by atoms with Gasteiger partial charge in [-0.05, 0) is 50.2 Å². The third-order valence-electron chi connectivity index (χ3n) is 3.27. The number of likely N-dealkylation sites (N-methyl/N-ethyl adjacent to an activating group) is 1. The minimum atomic E-state index is 0.110. The molecule has 1 atom stereocenters. The first-order chi connectivity index (χ1) is 9.17. The molecule has 0 bridgehead atoms. The van der Waals surface area contributed by atoms with E-state index in [1.165, 1.54) is 5.69 Å². The van der Waals surface area contributed by atoms with Crippen molar-refractivity contribution in [1.82, 2.24) is 15.1 Å². The Labute approximate surface area is 118 Å². The molecule has 1 unspecified atom stereocenters. The molecule has 5 heteroatoms. The zero-order valence-corrected chi connectivity index (χ0v) is 12.4. The van der Waals surface area contributed by atoms with Crippen molar-refractivity contribution in [3.8, 4) is 0 Å². The van der Waals surface area contributed by atoms with Crippen molar-refractivity contribution in [2.24, 2.45) is 0 Å². The van der Waals surface area contributed by atoms with Gasteiger partial charge in [-0.2, -0.15) is 5.10 Å². The molecule has 0 aliphatic heterocycles. The van der Waals surface area contributed by atoms with Crippen LogP contribution in [-0.4, -0.2) is 16.8 Å². The summed E-state index contributed by atoms with van der Waals surface area (Å²) in [7, 11) is 1.93. The second-order valence-electron chi connectivity index (χ2n) is 4.48. The van der Waals surface area contributed by atoms with Crippen LogP contribution < -0.4 is 5.32 Å². The minimum absolute atomic E-state index is 0.110. The van der Waals surface area contributed by atoms with E-state index in [9.17, 15) is 0 Å². The molecule has 19 heavy (non-hydrogen) atoms. The quantitative estimate of drug-likeness (QED) is 0.884. The lowest BCUT2D eigenvalue weighted by Crippen LogP contribution is -2.20. The van der Waals surface area contributed by atoms with Crippen LogP contribution in [0, 0.1) is 0 Å². The molecule has 2 aromatic rings. The van der Waals surface area contributed by atoms with E-state index in [0.29, 0.717) is 5.22 Å². The summed E-state index contributed by atoms with van der Waals surface area (Å²) in [4.78, 5) is 0. The number of furan rings is 1. The van der Waals surface area contributed by atoms with Crippen LogP contribution in [0.4, 0.5) is 0 Å². The maximum absolute atomic E-state index is 5.84. The van der Waals surface area contributed by atoms with Crippen molar-refractivity contribution in [2.45, 2.75) is 39.3 Å². The third-order valence-corrected chi connectivity index (χ3v) is 3.48. The van der Waals surface area contributed by atoms with Crippen molar-refractivity contribution < 1.29 is 4.42 Å². The molecule has 0 saturated heterocycles. The summed E-state index contributed by atoms with van der Waals surface area (Å²) in [6, 6.07) is 5.96. The molecule has 0 aromatic carbocycles. The van der Waals surface area contributed by atoms with E-state index < -0.39 is 0 Å². The van der Waals surface area contributed by atoms with Crippen molar-refractivity contribution in [3.63, 3.8) is 0 Å². The molecule has 104 valence electrons. The predicted molar refractivity (Wildman–Crippen MR) is 76.5 cm³/mol. The van der Waals surface area contributed by atoms with Crippen molar-refractivity contribution in [3.05, 3.63) is 40.6 Å². The molecule has 0 fully saturated rings. The van der Waals surface area contributed by atoms with Crippen LogP contribution in [-0.2, 0) is 19.4 Å². The summed E-state index contributed by atoms with van der Waals surface area (Å²) in [5, 5.41) is 8.26. The molecule has 0 aliphatic carbocycles. The second-order valence-corrected chi connectivity index (χ2v) is 4.86. The fourth-order valence-corrected chi connectivity index (χ4v) is 2.35. The highest BCUT2D eigenvalue weighted by molar-refractivity contribution is 6.28. The molecule has 2 rings (SSSR count). The van der Waals surface area contributed by atoms with Gasteiger partial charge in [0.15, 0.2) is 5.22 Å². The summed E-state index contributed by atoms with van der Waals surface area (Å²) in [5.41, 5.74) is 2.34. The number of aromatic nitrogens is 2. The van der Waals surface area contributed by atoms with Gasteiger partial charge < -0.3 is 9.73 Å². The van der Waals surface area contributed by atoms with E-state index in [4.69, 9.17) is 16.0 Å². The zero-order valence-electron chi connectivity index (χ0n) is 11.6. The van der Waals surface area contributed by atoms with Gasteiger partial charge in [-0.3, -0.25) is 4.68 Å². The standard InChI is InChI=1S/C14H20ClN3O/c1-4-10-8-11(18(5-2)17-10)9-12(16-3)13-6-7-14(15)19-13/h6-8,12,16H,4-5,9H2,1-3H3. The number of nitrogens with zero attached hydrogens (tertiary/aromatic N) is 2. The Hall–Kier alpha value is -1.26. The third kappa shape index (κ3) is 3.19. The summed E-state index contributed by atoms with van der Waals surface area (Å²) in [6.45, 7) is 5.10. The lowest BCUT2D eigenvalue weighted by Gasteiger charge is -2.14. The lowest BCUT2D eigenvalue weighted by atomic mass is 10.1. The number of rotatable bonds is 6. The van der Waals surface area contributed by atoms with Gasteiger partial charge in [0.2, 0.25) is 0 Å². The lowest BCUT2D eigenvalue weighted by molar-refractivity contribution is 0.422. The molecule has 2 aromatic heterocycles. The monoisotopic (exact) mass is 281 g/mol. The van der Waals surface area contributed by atoms with Crippen LogP contribution in [0.15, 0.2) is 22.6 Å². The second kappa shape index (κ2) is 6.26. The van der Waals surface area contributed by atoms with Crippen LogP contribution in [0.5, 0.6) is 0 Å². The Bertz CT molecular complexity index is 533.